The van der Waals surface area contributed by atoms with Gasteiger partial charge in [-0.1, -0.05) is 71.6 Å². The summed E-state index contributed by atoms with van der Waals surface area (Å²) in [6.45, 7) is 4.52. The van der Waals surface area contributed by atoms with Crippen LogP contribution in [-0.2, 0) is 4.79 Å². The molecule has 0 rings (SSSR count). The number of primary amides is 1. The first-order chi connectivity index (χ1) is 8.70. The Balaban J connectivity index is 3.35. The molecule has 0 aliphatic carbocycles. The van der Waals surface area contributed by atoms with Crippen molar-refractivity contribution in [1.29, 1.82) is 0 Å². The molecule has 0 heterocycles. The molecule has 0 radical (unpaired) electrons. The summed E-state index contributed by atoms with van der Waals surface area (Å²) < 4.78 is 0. The van der Waals surface area contributed by atoms with Crippen LogP contribution in [0.4, 0.5) is 0 Å². The minimum atomic E-state index is -0.152. The van der Waals surface area contributed by atoms with Crippen molar-refractivity contribution in [2.45, 2.75) is 90.9 Å². The molecule has 0 aliphatic heterocycles. The van der Waals surface area contributed by atoms with E-state index in [1.807, 2.05) is 0 Å². The van der Waals surface area contributed by atoms with Gasteiger partial charge >= 0.3 is 0 Å². The molecule has 0 saturated heterocycles. The van der Waals surface area contributed by atoms with E-state index in [9.17, 15) is 4.79 Å². The topological polar surface area (TPSA) is 43.1 Å². The molecule has 2 heteroatoms. The first-order valence-electron chi connectivity index (χ1n) is 7.99. The lowest BCUT2D eigenvalue weighted by atomic mass is 9.93. The minimum absolute atomic E-state index is 0.152. The Morgan fingerprint density at radius 1 is 0.889 bits per heavy atom. The third kappa shape index (κ3) is 11.9. The molecule has 0 aliphatic rings. The van der Waals surface area contributed by atoms with E-state index in [4.69, 9.17) is 5.73 Å². The normalized spacial score (nSPS) is 12.6. The lowest BCUT2D eigenvalue weighted by Gasteiger charge is -2.13. The number of hydrogen-bond acceptors (Lipinski definition) is 1. The van der Waals surface area contributed by atoms with Crippen molar-refractivity contribution in [2.24, 2.45) is 11.7 Å². The van der Waals surface area contributed by atoms with E-state index >= 15 is 0 Å². The first kappa shape index (κ1) is 17.5. The summed E-state index contributed by atoms with van der Waals surface area (Å²) in [7, 11) is 0. The summed E-state index contributed by atoms with van der Waals surface area (Å²) in [5.74, 6) is 0.653. The molecule has 0 aromatic heterocycles. The van der Waals surface area contributed by atoms with Gasteiger partial charge in [0.1, 0.15) is 0 Å². The van der Waals surface area contributed by atoms with Crippen LogP contribution in [0.5, 0.6) is 0 Å². The van der Waals surface area contributed by atoms with Crippen molar-refractivity contribution >= 4 is 5.91 Å². The summed E-state index contributed by atoms with van der Waals surface area (Å²) in [5.41, 5.74) is 5.16. The molecule has 18 heavy (non-hydrogen) atoms. The van der Waals surface area contributed by atoms with Gasteiger partial charge in [-0.25, -0.2) is 0 Å². The van der Waals surface area contributed by atoms with Gasteiger partial charge < -0.3 is 5.73 Å². The van der Waals surface area contributed by atoms with Crippen LogP contribution in [0.3, 0.4) is 0 Å². The van der Waals surface area contributed by atoms with Crippen LogP contribution >= 0.6 is 0 Å². The molecular weight excluding hydrogens is 222 g/mol. The fourth-order valence-corrected chi connectivity index (χ4v) is 2.51. The van der Waals surface area contributed by atoms with Gasteiger partial charge in [0, 0.05) is 6.42 Å². The van der Waals surface area contributed by atoms with Gasteiger partial charge in [0.05, 0.1) is 0 Å². The first-order valence-corrected chi connectivity index (χ1v) is 7.99. The van der Waals surface area contributed by atoms with E-state index < -0.39 is 0 Å². The number of rotatable bonds is 13. The maximum Gasteiger partial charge on any atom is 0.217 e. The highest BCUT2D eigenvalue weighted by Crippen LogP contribution is 2.20. The van der Waals surface area contributed by atoms with Crippen LogP contribution < -0.4 is 5.73 Å². The Morgan fingerprint density at radius 3 is 2.00 bits per heavy atom. The molecule has 0 aromatic carbocycles. The van der Waals surface area contributed by atoms with E-state index in [0.29, 0.717) is 6.42 Å². The SMILES string of the molecule is CCCCCCCCCC(CC)CCCC(N)=O. The summed E-state index contributed by atoms with van der Waals surface area (Å²) in [6, 6.07) is 0. The van der Waals surface area contributed by atoms with Gasteiger partial charge in [-0.05, 0) is 18.8 Å². The molecule has 0 aromatic rings. The van der Waals surface area contributed by atoms with Crippen molar-refractivity contribution in [3.05, 3.63) is 0 Å². The standard InChI is InChI=1S/C16H33NO/c1-3-5-6-7-8-9-10-12-15(4-2)13-11-14-16(17)18/h15H,3-14H2,1-2H3,(H2,17,18). The Labute approximate surface area is 114 Å². The number of carbonyl (C=O) groups excluding carboxylic acids is 1. The predicted molar refractivity (Wildman–Crippen MR) is 79.4 cm³/mol. The van der Waals surface area contributed by atoms with E-state index in [1.54, 1.807) is 0 Å². The Morgan fingerprint density at radius 2 is 1.44 bits per heavy atom. The number of unbranched alkanes of at least 4 members (excludes halogenated alkanes) is 6. The molecule has 1 unspecified atom stereocenters. The second kappa shape index (κ2) is 12.9. The van der Waals surface area contributed by atoms with Crippen molar-refractivity contribution in [2.75, 3.05) is 0 Å². The maximum atomic E-state index is 10.7. The summed E-state index contributed by atoms with van der Waals surface area (Å²) in [4.78, 5) is 10.7. The molecule has 0 spiro atoms. The number of amides is 1. The Hall–Kier alpha value is -0.530. The van der Waals surface area contributed by atoms with Gasteiger partial charge in [-0.2, -0.15) is 0 Å². The zero-order chi connectivity index (χ0) is 13.6. The highest BCUT2D eigenvalue weighted by Gasteiger charge is 2.06. The lowest BCUT2D eigenvalue weighted by molar-refractivity contribution is -0.118. The molecule has 0 bridgehead atoms. The third-order valence-electron chi connectivity index (χ3n) is 3.83. The monoisotopic (exact) mass is 255 g/mol. The molecule has 108 valence electrons. The van der Waals surface area contributed by atoms with Crippen LogP contribution in [0.25, 0.3) is 0 Å². The fourth-order valence-electron chi connectivity index (χ4n) is 2.51. The van der Waals surface area contributed by atoms with Gasteiger partial charge in [0.25, 0.3) is 0 Å². The Bertz CT molecular complexity index is 192. The Kier molecular flexibility index (Phi) is 12.5. The van der Waals surface area contributed by atoms with Gasteiger partial charge in [-0.3, -0.25) is 4.79 Å². The average molecular weight is 255 g/mol. The molecule has 2 N–H and O–H groups in total. The third-order valence-corrected chi connectivity index (χ3v) is 3.83. The maximum absolute atomic E-state index is 10.7. The van der Waals surface area contributed by atoms with Crippen LogP contribution in [0.1, 0.15) is 90.9 Å². The van der Waals surface area contributed by atoms with Crippen LogP contribution in [0.15, 0.2) is 0 Å². The summed E-state index contributed by atoms with van der Waals surface area (Å²) in [6.07, 6.45) is 15.0. The van der Waals surface area contributed by atoms with E-state index in [2.05, 4.69) is 13.8 Å². The molecule has 1 amide bonds. The fraction of sp³-hybridized carbons (Fsp3) is 0.938. The van der Waals surface area contributed by atoms with E-state index in [0.717, 1.165) is 12.3 Å². The zero-order valence-corrected chi connectivity index (χ0v) is 12.5. The highest BCUT2D eigenvalue weighted by molar-refractivity contribution is 5.73. The van der Waals surface area contributed by atoms with Gasteiger partial charge in [0.2, 0.25) is 5.91 Å². The van der Waals surface area contributed by atoms with Crippen molar-refractivity contribution < 1.29 is 4.79 Å². The van der Waals surface area contributed by atoms with Crippen LogP contribution in [0.2, 0.25) is 0 Å². The van der Waals surface area contributed by atoms with Crippen molar-refractivity contribution in [1.82, 2.24) is 0 Å². The zero-order valence-electron chi connectivity index (χ0n) is 12.5. The molecular formula is C16H33NO. The predicted octanol–water partition coefficient (Wildman–Crippen LogP) is 4.81. The highest BCUT2D eigenvalue weighted by atomic mass is 16.1. The molecule has 2 nitrogen and oxygen atoms in total. The molecule has 0 saturated carbocycles. The van der Waals surface area contributed by atoms with Crippen LogP contribution in [0, 0.1) is 5.92 Å². The van der Waals surface area contributed by atoms with Crippen molar-refractivity contribution in [3.8, 4) is 0 Å². The second-order valence-corrected chi connectivity index (χ2v) is 5.54. The lowest BCUT2D eigenvalue weighted by Crippen LogP contribution is -2.10. The molecule has 0 fully saturated rings. The average Bonchev–Trinajstić information content (AvgIpc) is 2.35. The quantitative estimate of drug-likeness (QED) is 0.472. The smallest absolute Gasteiger partial charge is 0.217 e. The van der Waals surface area contributed by atoms with Crippen LogP contribution in [-0.4, -0.2) is 5.91 Å². The minimum Gasteiger partial charge on any atom is -0.370 e. The van der Waals surface area contributed by atoms with Gasteiger partial charge in [-0.15, -0.1) is 0 Å². The summed E-state index contributed by atoms with van der Waals surface area (Å²) in [5, 5.41) is 0. The number of nitrogens with two attached hydrogens (primary N) is 1. The number of carbonyl (C=O) groups is 1. The second-order valence-electron chi connectivity index (χ2n) is 5.54. The summed E-state index contributed by atoms with van der Waals surface area (Å²) >= 11 is 0. The van der Waals surface area contributed by atoms with E-state index in [-0.39, 0.29) is 5.91 Å². The van der Waals surface area contributed by atoms with Gasteiger partial charge in [0.15, 0.2) is 0 Å². The molecule has 1 atom stereocenters. The van der Waals surface area contributed by atoms with Crippen molar-refractivity contribution in [3.63, 3.8) is 0 Å². The largest absolute Gasteiger partial charge is 0.370 e. The van der Waals surface area contributed by atoms with E-state index in [1.165, 1.54) is 64.2 Å². The number of hydrogen-bond donors (Lipinski definition) is 1.